The van der Waals surface area contributed by atoms with Gasteiger partial charge >= 0.3 is 12.1 Å². The van der Waals surface area contributed by atoms with E-state index in [1.54, 1.807) is 6.07 Å². The fourth-order valence-corrected chi connectivity index (χ4v) is 4.05. The van der Waals surface area contributed by atoms with Gasteiger partial charge in [0.1, 0.15) is 0 Å². The summed E-state index contributed by atoms with van der Waals surface area (Å²) < 4.78 is 60.6. The van der Waals surface area contributed by atoms with E-state index in [4.69, 9.17) is 10.7 Å². The van der Waals surface area contributed by atoms with Crippen LogP contribution in [0.25, 0.3) is 0 Å². The van der Waals surface area contributed by atoms with E-state index in [0.29, 0.717) is 25.1 Å². The molecule has 0 N–H and O–H groups in total. The van der Waals surface area contributed by atoms with Crippen LogP contribution in [-0.4, -0.2) is 51.1 Å². The quantitative estimate of drug-likeness (QED) is 0.735. The minimum Gasteiger partial charge on any atom is -0.366 e. The maximum Gasteiger partial charge on any atom is 0.471 e. The Labute approximate surface area is 141 Å². The van der Waals surface area contributed by atoms with Crippen molar-refractivity contribution in [3.63, 3.8) is 0 Å². The highest BCUT2D eigenvalue weighted by atomic mass is 35.7. The maximum atomic E-state index is 12.5. The molecule has 10 heteroatoms. The summed E-state index contributed by atoms with van der Waals surface area (Å²) in [4.78, 5) is 14.0. The van der Waals surface area contributed by atoms with E-state index in [1.807, 2.05) is 4.90 Å². The molecule has 1 unspecified atom stereocenters. The summed E-state index contributed by atoms with van der Waals surface area (Å²) in [5.41, 5.74) is 1.57. The van der Waals surface area contributed by atoms with Crippen LogP contribution in [-0.2, 0) is 20.3 Å². The summed E-state index contributed by atoms with van der Waals surface area (Å²) in [6, 6.07) is 4.25. The van der Waals surface area contributed by atoms with Gasteiger partial charge in [-0.3, -0.25) is 4.79 Å². The highest BCUT2D eigenvalue weighted by Gasteiger charge is 2.45. The molecule has 5 nitrogen and oxygen atoms in total. The van der Waals surface area contributed by atoms with Crippen molar-refractivity contribution < 1.29 is 26.4 Å². The second-order valence-corrected chi connectivity index (χ2v) is 8.43. The highest BCUT2D eigenvalue weighted by Crippen LogP contribution is 2.35. The molecule has 2 aliphatic rings. The summed E-state index contributed by atoms with van der Waals surface area (Å²) in [7, 11) is 1.48. The Morgan fingerprint density at radius 2 is 1.96 bits per heavy atom. The van der Waals surface area contributed by atoms with Crippen molar-refractivity contribution >= 4 is 31.3 Å². The summed E-state index contributed by atoms with van der Waals surface area (Å²) in [5.74, 6) is -1.83. The van der Waals surface area contributed by atoms with Crippen molar-refractivity contribution in [1.29, 1.82) is 0 Å². The molecule has 0 bridgehead atoms. The van der Waals surface area contributed by atoms with E-state index >= 15 is 0 Å². The monoisotopic (exact) mass is 382 g/mol. The van der Waals surface area contributed by atoms with Crippen LogP contribution in [0.3, 0.4) is 0 Å². The molecule has 3 rings (SSSR count). The van der Waals surface area contributed by atoms with Crippen LogP contribution < -0.4 is 4.90 Å². The normalized spacial score (nSPS) is 21.2. The lowest BCUT2D eigenvalue weighted by Crippen LogP contribution is -2.42. The van der Waals surface area contributed by atoms with Crippen LogP contribution >= 0.6 is 10.7 Å². The molecule has 1 aromatic rings. The van der Waals surface area contributed by atoms with Crippen molar-refractivity contribution in [2.45, 2.75) is 30.0 Å². The molecule has 1 fully saturated rings. The number of alkyl halides is 3. The fraction of sp³-hybridized carbons (Fsp3) is 0.500. The molecule has 24 heavy (non-hydrogen) atoms. The predicted molar refractivity (Wildman–Crippen MR) is 81.6 cm³/mol. The van der Waals surface area contributed by atoms with Crippen molar-refractivity contribution in [2.75, 3.05) is 24.5 Å². The summed E-state index contributed by atoms with van der Waals surface area (Å²) in [6.45, 7) is 0.567. The van der Waals surface area contributed by atoms with E-state index in [1.165, 1.54) is 12.1 Å². The first-order valence-corrected chi connectivity index (χ1v) is 9.58. The molecule has 0 radical (unpaired) electrons. The minimum atomic E-state index is -4.88. The van der Waals surface area contributed by atoms with Gasteiger partial charge in [0.05, 0.1) is 4.90 Å². The number of halogens is 4. The Morgan fingerprint density at radius 1 is 1.25 bits per heavy atom. The minimum absolute atomic E-state index is 0.0301. The Kier molecular flexibility index (Phi) is 4.19. The topological polar surface area (TPSA) is 57.7 Å². The largest absolute Gasteiger partial charge is 0.471 e. The molecule has 0 spiro atoms. The van der Waals surface area contributed by atoms with Gasteiger partial charge in [-0.15, -0.1) is 0 Å². The number of hydrogen-bond donors (Lipinski definition) is 0. The number of carbonyl (C=O) groups is 1. The van der Waals surface area contributed by atoms with Gasteiger partial charge in [-0.2, -0.15) is 13.2 Å². The zero-order valence-electron chi connectivity index (χ0n) is 12.4. The zero-order valence-corrected chi connectivity index (χ0v) is 14.0. The maximum absolute atomic E-state index is 12.5. The predicted octanol–water partition coefficient (Wildman–Crippen LogP) is 2.14. The molecule has 1 saturated heterocycles. The van der Waals surface area contributed by atoms with Gasteiger partial charge in [-0.1, -0.05) is 6.07 Å². The molecule has 132 valence electrons. The molecule has 0 aliphatic carbocycles. The smallest absolute Gasteiger partial charge is 0.366 e. The average Bonchev–Trinajstić information content (AvgIpc) is 3.10. The van der Waals surface area contributed by atoms with Crippen LogP contribution in [0, 0.1) is 0 Å². The Hall–Kier alpha value is -1.48. The Bertz CT molecular complexity index is 782. The molecule has 0 saturated carbocycles. The van der Waals surface area contributed by atoms with Crippen molar-refractivity contribution in [3.05, 3.63) is 23.8 Å². The molecule has 2 heterocycles. The van der Waals surface area contributed by atoms with Crippen LogP contribution in [0.1, 0.15) is 12.0 Å². The van der Waals surface area contributed by atoms with Crippen LogP contribution in [0.4, 0.5) is 18.9 Å². The van der Waals surface area contributed by atoms with E-state index in [9.17, 15) is 26.4 Å². The van der Waals surface area contributed by atoms with Gasteiger partial charge < -0.3 is 9.80 Å². The Balaban J connectivity index is 1.81. The fourth-order valence-electron chi connectivity index (χ4n) is 3.27. The van der Waals surface area contributed by atoms with E-state index in [2.05, 4.69) is 0 Å². The molecular formula is C14H14ClF3N2O3S. The first-order valence-electron chi connectivity index (χ1n) is 7.28. The number of benzene rings is 1. The van der Waals surface area contributed by atoms with E-state index in [0.717, 1.165) is 10.5 Å². The summed E-state index contributed by atoms with van der Waals surface area (Å²) >= 11 is 0. The molecular weight excluding hydrogens is 369 g/mol. The lowest BCUT2D eigenvalue weighted by Gasteiger charge is -2.27. The second kappa shape index (κ2) is 5.80. The van der Waals surface area contributed by atoms with Gasteiger partial charge in [0, 0.05) is 42.0 Å². The number of amides is 1. The van der Waals surface area contributed by atoms with Crippen molar-refractivity contribution in [2.24, 2.45) is 0 Å². The summed E-state index contributed by atoms with van der Waals surface area (Å²) in [5, 5.41) is 0. The lowest BCUT2D eigenvalue weighted by atomic mass is 10.1. The molecule has 1 aromatic carbocycles. The molecule has 1 atom stereocenters. The first-order chi connectivity index (χ1) is 11.1. The molecule has 0 aromatic heterocycles. The average molecular weight is 383 g/mol. The van der Waals surface area contributed by atoms with Crippen molar-refractivity contribution in [3.8, 4) is 0 Å². The number of hydrogen-bond acceptors (Lipinski definition) is 4. The highest BCUT2D eigenvalue weighted by molar-refractivity contribution is 8.13. The number of carbonyl (C=O) groups excluding carboxylic acids is 1. The van der Waals surface area contributed by atoms with Crippen molar-refractivity contribution in [1.82, 2.24) is 4.90 Å². The molecule has 1 amide bonds. The zero-order chi connectivity index (χ0) is 17.7. The lowest BCUT2D eigenvalue weighted by molar-refractivity contribution is -0.184. The first kappa shape index (κ1) is 17.3. The SMILES string of the molecule is O=C(N1CCC(N2CCc3ccc(S(=O)(=O)Cl)cc32)C1)C(F)(F)F. The van der Waals surface area contributed by atoms with Crippen LogP contribution in [0.2, 0.25) is 0 Å². The van der Waals surface area contributed by atoms with Crippen LogP contribution in [0.15, 0.2) is 23.1 Å². The van der Waals surface area contributed by atoms with Gasteiger partial charge in [0.15, 0.2) is 0 Å². The van der Waals surface area contributed by atoms with E-state index < -0.39 is 21.1 Å². The van der Waals surface area contributed by atoms with Gasteiger partial charge in [0.25, 0.3) is 9.05 Å². The number of nitrogens with zero attached hydrogens (tertiary/aromatic N) is 2. The number of rotatable bonds is 2. The van der Waals surface area contributed by atoms with Gasteiger partial charge in [-0.25, -0.2) is 8.42 Å². The molecule has 2 aliphatic heterocycles. The number of anilines is 1. The van der Waals surface area contributed by atoms with Gasteiger partial charge in [0.2, 0.25) is 0 Å². The number of fused-ring (bicyclic) bond motifs is 1. The van der Waals surface area contributed by atoms with E-state index in [-0.39, 0.29) is 24.0 Å². The number of likely N-dealkylation sites (tertiary alicyclic amines) is 1. The second-order valence-electron chi connectivity index (χ2n) is 5.86. The third kappa shape index (κ3) is 3.19. The Morgan fingerprint density at radius 3 is 2.58 bits per heavy atom. The van der Waals surface area contributed by atoms with Gasteiger partial charge in [-0.05, 0) is 30.5 Å². The third-order valence-corrected chi connectivity index (χ3v) is 5.76. The van der Waals surface area contributed by atoms with Crippen LogP contribution in [0.5, 0.6) is 0 Å². The standard InChI is InChI=1S/C14H14ClF3N2O3S/c15-24(22,23)11-2-1-9-3-6-20(12(9)7-11)10-4-5-19(8-10)13(21)14(16,17)18/h1-2,7,10H,3-6,8H2. The summed E-state index contributed by atoms with van der Waals surface area (Å²) in [6.07, 6.45) is -3.81. The third-order valence-electron chi connectivity index (χ3n) is 4.40.